The smallest absolute Gasteiger partial charge is 0.223 e. The van der Waals surface area contributed by atoms with Gasteiger partial charge in [-0.3, -0.25) is 4.79 Å². The quantitative estimate of drug-likeness (QED) is 0.646. The molecule has 0 spiro atoms. The number of hydrogen-bond donors (Lipinski definition) is 2. The Morgan fingerprint density at radius 2 is 1.64 bits per heavy atom. The molecule has 1 unspecified atom stereocenters. The molecule has 152 valence electrons. The maximum atomic E-state index is 13.1. The van der Waals surface area contributed by atoms with Crippen LogP contribution < -0.4 is 11.1 Å². The Morgan fingerprint density at radius 1 is 1.00 bits per heavy atom. The summed E-state index contributed by atoms with van der Waals surface area (Å²) in [4.78, 5) is 12.1. The molecule has 0 aliphatic carbocycles. The highest BCUT2D eigenvalue weighted by atomic mass is 19.1. The minimum Gasteiger partial charge on any atom is -0.375 e. The molecule has 0 aromatic heterocycles. The topological polar surface area (TPSA) is 64.3 Å². The van der Waals surface area contributed by atoms with Crippen LogP contribution in [0.15, 0.2) is 42.5 Å². The summed E-state index contributed by atoms with van der Waals surface area (Å²) in [6.45, 7) is 2.43. The Hall–Kier alpha value is -2.38. The minimum atomic E-state index is -0.650. The summed E-state index contributed by atoms with van der Waals surface area (Å²) in [5, 5.41) is 2.81. The Morgan fingerprint density at radius 3 is 2.29 bits per heavy atom. The first-order valence-corrected chi connectivity index (χ1v) is 9.14. The molecular weight excluding hydrogens is 369 g/mol. The number of rotatable bonds is 10. The first-order valence-electron chi connectivity index (χ1n) is 9.14. The SMILES string of the molecule is C[C@H](CCC(N)COCc1cc(F)cc(F)c1)C(=O)NCc1ccc(F)cc1. The van der Waals surface area contributed by atoms with Gasteiger partial charge in [-0.2, -0.15) is 0 Å². The van der Waals surface area contributed by atoms with Crippen molar-refractivity contribution in [3.8, 4) is 0 Å². The molecule has 2 atom stereocenters. The summed E-state index contributed by atoms with van der Waals surface area (Å²) in [6.07, 6.45) is 1.15. The van der Waals surface area contributed by atoms with E-state index in [-0.39, 0.29) is 36.9 Å². The summed E-state index contributed by atoms with van der Waals surface area (Å²) in [6, 6.07) is 8.88. The van der Waals surface area contributed by atoms with Crippen molar-refractivity contribution in [2.75, 3.05) is 6.61 Å². The van der Waals surface area contributed by atoms with Crippen LogP contribution in [0.1, 0.15) is 30.9 Å². The van der Waals surface area contributed by atoms with E-state index in [9.17, 15) is 18.0 Å². The molecule has 2 rings (SSSR count). The van der Waals surface area contributed by atoms with Gasteiger partial charge in [-0.15, -0.1) is 0 Å². The Labute approximate surface area is 162 Å². The largest absolute Gasteiger partial charge is 0.375 e. The lowest BCUT2D eigenvalue weighted by atomic mass is 10.0. The van der Waals surface area contributed by atoms with Crippen LogP contribution in [0.5, 0.6) is 0 Å². The highest BCUT2D eigenvalue weighted by Crippen LogP contribution is 2.11. The van der Waals surface area contributed by atoms with E-state index in [0.717, 1.165) is 11.6 Å². The molecule has 28 heavy (non-hydrogen) atoms. The fourth-order valence-corrected chi connectivity index (χ4v) is 2.67. The van der Waals surface area contributed by atoms with E-state index in [1.807, 2.05) is 6.92 Å². The minimum absolute atomic E-state index is 0.0656. The highest BCUT2D eigenvalue weighted by molar-refractivity contribution is 5.78. The van der Waals surface area contributed by atoms with Crippen LogP contribution in [-0.2, 0) is 22.7 Å². The third kappa shape index (κ3) is 7.70. The van der Waals surface area contributed by atoms with Crippen molar-refractivity contribution in [2.45, 2.75) is 39.0 Å². The maximum absolute atomic E-state index is 13.1. The first kappa shape index (κ1) is 21.9. The number of carbonyl (C=O) groups is 1. The lowest BCUT2D eigenvalue weighted by Crippen LogP contribution is -2.31. The predicted molar refractivity (Wildman–Crippen MR) is 101 cm³/mol. The zero-order valence-corrected chi connectivity index (χ0v) is 15.8. The average molecular weight is 394 g/mol. The summed E-state index contributed by atoms with van der Waals surface area (Å²) < 4.78 is 44.5. The van der Waals surface area contributed by atoms with Crippen LogP contribution in [0.3, 0.4) is 0 Å². The number of ether oxygens (including phenoxy) is 1. The van der Waals surface area contributed by atoms with Crippen molar-refractivity contribution in [1.82, 2.24) is 5.32 Å². The molecule has 0 radical (unpaired) electrons. The van der Waals surface area contributed by atoms with Crippen LogP contribution in [-0.4, -0.2) is 18.6 Å². The van der Waals surface area contributed by atoms with Gasteiger partial charge in [0.25, 0.3) is 0 Å². The van der Waals surface area contributed by atoms with Gasteiger partial charge in [0, 0.05) is 24.6 Å². The molecule has 0 saturated carbocycles. The second-order valence-electron chi connectivity index (χ2n) is 6.88. The summed E-state index contributed by atoms with van der Waals surface area (Å²) in [5.41, 5.74) is 7.21. The van der Waals surface area contributed by atoms with Gasteiger partial charge >= 0.3 is 0 Å². The number of benzene rings is 2. The van der Waals surface area contributed by atoms with Crippen LogP contribution in [0.25, 0.3) is 0 Å². The van der Waals surface area contributed by atoms with E-state index in [0.29, 0.717) is 24.9 Å². The highest BCUT2D eigenvalue weighted by Gasteiger charge is 2.14. The standard InChI is InChI=1S/C21H25F3N2O2/c1-14(21(27)26-11-15-3-5-17(22)6-4-15)2-7-20(25)13-28-12-16-8-18(23)10-19(24)9-16/h3-6,8-10,14,20H,2,7,11-13,25H2,1H3,(H,26,27)/t14-,20?/m1/s1. The van der Waals surface area contributed by atoms with Crippen molar-refractivity contribution in [3.63, 3.8) is 0 Å². The van der Waals surface area contributed by atoms with Crippen LogP contribution in [0.2, 0.25) is 0 Å². The Balaban J connectivity index is 1.64. The Bertz CT molecular complexity index is 748. The van der Waals surface area contributed by atoms with E-state index in [1.54, 1.807) is 12.1 Å². The van der Waals surface area contributed by atoms with E-state index < -0.39 is 11.6 Å². The molecule has 0 aliphatic rings. The molecule has 4 nitrogen and oxygen atoms in total. The van der Waals surface area contributed by atoms with Crippen molar-refractivity contribution in [3.05, 3.63) is 71.0 Å². The number of nitrogens with two attached hydrogens (primary N) is 1. The van der Waals surface area contributed by atoms with E-state index in [2.05, 4.69) is 5.32 Å². The molecule has 0 saturated heterocycles. The summed E-state index contributed by atoms with van der Waals surface area (Å²) >= 11 is 0. The van der Waals surface area contributed by atoms with Gasteiger partial charge in [0.15, 0.2) is 0 Å². The van der Waals surface area contributed by atoms with E-state index in [1.165, 1.54) is 24.3 Å². The first-order chi connectivity index (χ1) is 13.3. The van der Waals surface area contributed by atoms with Crippen LogP contribution >= 0.6 is 0 Å². The predicted octanol–water partition coefficient (Wildman–Crippen LogP) is 3.68. The second kappa shape index (κ2) is 10.8. The maximum Gasteiger partial charge on any atom is 0.223 e. The normalized spacial score (nSPS) is 13.2. The van der Waals surface area contributed by atoms with Gasteiger partial charge in [-0.05, 0) is 48.2 Å². The fourth-order valence-electron chi connectivity index (χ4n) is 2.67. The Kier molecular flexibility index (Phi) is 8.47. The molecule has 3 N–H and O–H groups in total. The zero-order chi connectivity index (χ0) is 20.5. The third-order valence-electron chi connectivity index (χ3n) is 4.32. The molecular formula is C21H25F3N2O2. The molecule has 2 aromatic carbocycles. The molecule has 0 bridgehead atoms. The van der Waals surface area contributed by atoms with Crippen molar-refractivity contribution < 1.29 is 22.7 Å². The second-order valence-corrected chi connectivity index (χ2v) is 6.88. The average Bonchev–Trinajstić information content (AvgIpc) is 2.64. The van der Waals surface area contributed by atoms with Gasteiger partial charge in [0.1, 0.15) is 17.5 Å². The molecule has 2 aromatic rings. The van der Waals surface area contributed by atoms with Crippen molar-refractivity contribution >= 4 is 5.91 Å². The molecule has 0 fully saturated rings. The van der Waals surface area contributed by atoms with E-state index in [4.69, 9.17) is 10.5 Å². The monoisotopic (exact) mass is 394 g/mol. The number of amides is 1. The van der Waals surface area contributed by atoms with Gasteiger partial charge < -0.3 is 15.8 Å². The molecule has 1 amide bonds. The molecule has 7 heteroatoms. The molecule has 0 heterocycles. The lowest BCUT2D eigenvalue weighted by Gasteiger charge is -2.16. The lowest BCUT2D eigenvalue weighted by molar-refractivity contribution is -0.124. The number of halogens is 3. The van der Waals surface area contributed by atoms with E-state index >= 15 is 0 Å². The summed E-state index contributed by atoms with van der Waals surface area (Å²) in [5.74, 6) is -1.95. The zero-order valence-electron chi connectivity index (χ0n) is 15.8. The van der Waals surface area contributed by atoms with Gasteiger partial charge in [-0.1, -0.05) is 19.1 Å². The van der Waals surface area contributed by atoms with Gasteiger partial charge in [0.2, 0.25) is 5.91 Å². The van der Waals surface area contributed by atoms with Crippen LogP contribution in [0, 0.1) is 23.4 Å². The van der Waals surface area contributed by atoms with Crippen LogP contribution in [0.4, 0.5) is 13.2 Å². The summed E-state index contributed by atoms with van der Waals surface area (Å²) in [7, 11) is 0. The number of nitrogens with one attached hydrogen (secondary N) is 1. The number of carbonyl (C=O) groups excluding carboxylic acids is 1. The van der Waals surface area contributed by atoms with Gasteiger partial charge in [-0.25, -0.2) is 13.2 Å². The number of hydrogen-bond acceptors (Lipinski definition) is 3. The third-order valence-corrected chi connectivity index (χ3v) is 4.32. The fraction of sp³-hybridized carbons (Fsp3) is 0.381. The van der Waals surface area contributed by atoms with Crippen molar-refractivity contribution in [2.24, 2.45) is 11.7 Å². The van der Waals surface area contributed by atoms with Gasteiger partial charge in [0.05, 0.1) is 13.2 Å². The van der Waals surface area contributed by atoms with Crippen molar-refractivity contribution in [1.29, 1.82) is 0 Å². The molecule has 0 aliphatic heterocycles.